The molecule has 0 aliphatic carbocycles. The molecule has 0 atom stereocenters. The summed E-state index contributed by atoms with van der Waals surface area (Å²) in [6.07, 6.45) is -4.66. The summed E-state index contributed by atoms with van der Waals surface area (Å²) in [5, 5.41) is 6.97. The van der Waals surface area contributed by atoms with Crippen molar-refractivity contribution in [2.24, 2.45) is 0 Å². The van der Waals surface area contributed by atoms with E-state index in [4.69, 9.17) is 0 Å². The van der Waals surface area contributed by atoms with Crippen molar-refractivity contribution < 1.29 is 22.4 Å². The Morgan fingerprint density at radius 2 is 1.62 bits per heavy atom. The third kappa shape index (κ3) is 4.47. The number of alkyl halides is 3. The van der Waals surface area contributed by atoms with Gasteiger partial charge >= 0.3 is 6.18 Å². The highest BCUT2D eigenvalue weighted by molar-refractivity contribution is 6.05. The Balaban J connectivity index is 2.04. The van der Waals surface area contributed by atoms with Gasteiger partial charge in [-0.25, -0.2) is 9.07 Å². The van der Waals surface area contributed by atoms with E-state index in [1.165, 1.54) is 41.1 Å². The Morgan fingerprint density at radius 3 is 2.21 bits per heavy atom. The van der Waals surface area contributed by atoms with Gasteiger partial charge in [0.2, 0.25) is 0 Å². The zero-order valence-corrected chi connectivity index (χ0v) is 16.0. The maximum atomic E-state index is 13.3. The molecule has 0 spiro atoms. The fourth-order valence-electron chi connectivity index (χ4n) is 2.73. The van der Waals surface area contributed by atoms with Gasteiger partial charge in [0.25, 0.3) is 5.91 Å². The molecule has 1 heterocycles. The van der Waals surface area contributed by atoms with Crippen LogP contribution in [0.4, 0.5) is 23.4 Å². The van der Waals surface area contributed by atoms with Crippen LogP contribution in [-0.4, -0.2) is 15.7 Å². The van der Waals surface area contributed by atoms with Gasteiger partial charge in [0.15, 0.2) is 0 Å². The zero-order valence-electron chi connectivity index (χ0n) is 16.0. The lowest BCUT2D eigenvalue weighted by Gasteiger charge is -2.14. The van der Waals surface area contributed by atoms with Crippen LogP contribution in [0.3, 0.4) is 0 Å². The minimum absolute atomic E-state index is 0.184. The summed E-state index contributed by atoms with van der Waals surface area (Å²) in [7, 11) is 0. The van der Waals surface area contributed by atoms with Crippen LogP contribution in [0.2, 0.25) is 0 Å². The maximum absolute atomic E-state index is 13.3. The van der Waals surface area contributed by atoms with Crippen molar-refractivity contribution in [2.45, 2.75) is 32.4 Å². The van der Waals surface area contributed by atoms with Crippen LogP contribution in [-0.2, 0) is 11.6 Å². The molecule has 0 fully saturated rings. The molecule has 1 N–H and O–H groups in total. The van der Waals surface area contributed by atoms with Gasteiger partial charge < -0.3 is 5.32 Å². The molecule has 0 aliphatic rings. The highest BCUT2D eigenvalue weighted by Gasteiger charge is 2.35. The monoisotopic (exact) mass is 405 g/mol. The van der Waals surface area contributed by atoms with Gasteiger partial charge in [0.1, 0.15) is 11.6 Å². The van der Waals surface area contributed by atoms with Crippen molar-refractivity contribution in [1.29, 1.82) is 0 Å². The van der Waals surface area contributed by atoms with Gasteiger partial charge in [-0.3, -0.25) is 4.79 Å². The Hall–Kier alpha value is -3.16. The number of carbonyl (C=O) groups is 1. The summed E-state index contributed by atoms with van der Waals surface area (Å²) in [5.41, 5.74) is -0.831. The number of rotatable bonds is 3. The molecule has 0 saturated heterocycles. The van der Waals surface area contributed by atoms with Crippen LogP contribution in [0.15, 0.2) is 54.6 Å². The number of anilines is 1. The molecule has 0 saturated carbocycles. The molecule has 29 heavy (non-hydrogen) atoms. The van der Waals surface area contributed by atoms with E-state index in [2.05, 4.69) is 10.4 Å². The molecule has 0 bridgehead atoms. The lowest BCUT2D eigenvalue weighted by atomic mass is 9.92. The first-order valence-electron chi connectivity index (χ1n) is 8.81. The number of halogens is 4. The van der Waals surface area contributed by atoms with Gasteiger partial charge in [-0.15, -0.1) is 0 Å². The van der Waals surface area contributed by atoms with E-state index in [0.29, 0.717) is 11.4 Å². The van der Waals surface area contributed by atoms with Gasteiger partial charge in [0.05, 0.1) is 22.5 Å². The van der Waals surface area contributed by atoms with Crippen molar-refractivity contribution in [2.75, 3.05) is 5.32 Å². The lowest BCUT2D eigenvalue weighted by Crippen LogP contribution is -2.20. The van der Waals surface area contributed by atoms with Crippen LogP contribution in [0.5, 0.6) is 0 Å². The second-order valence-electron chi connectivity index (χ2n) is 7.55. The summed E-state index contributed by atoms with van der Waals surface area (Å²) >= 11 is 0. The number of aromatic nitrogens is 2. The molecule has 0 radical (unpaired) electrons. The predicted octanol–water partition coefficient (Wildman–Crippen LogP) is 5.58. The number of carbonyl (C=O) groups excluding carboxylic acids is 1. The number of nitrogens with zero attached hydrogens (tertiary/aromatic N) is 2. The highest BCUT2D eigenvalue weighted by atomic mass is 19.4. The van der Waals surface area contributed by atoms with Crippen molar-refractivity contribution in [3.63, 3.8) is 0 Å². The molecular formula is C21H19F4N3O. The summed E-state index contributed by atoms with van der Waals surface area (Å²) in [4.78, 5) is 12.7. The largest absolute Gasteiger partial charge is 0.417 e. The number of benzene rings is 2. The van der Waals surface area contributed by atoms with E-state index in [1.54, 1.807) is 6.07 Å². The molecule has 152 valence electrons. The van der Waals surface area contributed by atoms with Crippen LogP contribution in [0, 0.1) is 5.82 Å². The number of nitrogens with one attached hydrogen (secondary N) is 1. The molecule has 0 aliphatic heterocycles. The SMILES string of the molecule is CC(C)(C)c1cc(NC(=O)c2ccccc2C(F)(F)F)n(-c2ccc(F)cc2)n1. The first-order valence-corrected chi connectivity index (χ1v) is 8.81. The average Bonchev–Trinajstić information content (AvgIpc) is 3.06. The van der Waals surface area contributed by atoms with Crippen molar-refractivity contribution in [1.82, 2.24) is 9.78 Å². The zero-order chi connectivity index (χ0) is 21.4. The first-order chi connectivity index (χ1) is 13.5. The topological polar surface area (TPSA) is 46.9 Å². The summed E-state index contributed by atoms with van der Waals surface area (Å²) < 4.78 is 54.4. The number of hydrogen-bond acceptors (Lipinski definition) is 2. The predicted molar refractivity (Wildman–Crippen MR) is 102 cm³/mol. The average molecular weight is 405 g/mol. The fourth-order valence-corrected chi connectivity index (χ4v) is 2.73. The third-order valence-electron chi connectivity index (χ3n) is 4.27. The van der Waals surface area contributed by atoms with E-state index >= 15 is 0 Å². The molecular weight excluding hydrogens is 386 g/mol. The standard InChI is InChI=1S/C21H19F4N3O/c1-20(2,3)17-12-18(28(27-17)14-10-8-13(22)9-11-14)26-19(29)15-6-4-5-7-16(15)21(23,24)25/h4-12H,1-3H3,(H,26,29). The van der Waals surface area contributed by atoms with Crippen LogP contribution >= 0.6 is 0 Å². The fraction of sp³-hybridized carbons (Fsp3) is 0.238. The van der Waals surface area contributed by atoms with Crippen LogP contribution in [0.25, 0.3) is 5.69 Å². The molecule has 3 rings (SSSR count). The Labute approximate surface area is 165 Å². The van der Waals surface area contributed by atoms with Gasteiger partial charge in [0, 0.05) is 11.5 Å². The van der Waals surface area contributed by atoms with Crippen LogP contribution < -0.4 is 5.32 Å². The maximum Gasteiger partial charge on any atom is 0.417 e. The van der Waals surface area contributed by atoms with Gasteiger partial charge in [-0.1, -0.05) is 32.9 Å². The summed E-state index contributed by atoms with van der Waals surface area (Å²) in [6.45, 7) is 5.73. The molecule has 3 aromatic rings. The Kier molecular flexibility index (Phi) is 5.21. The first kappa shape index (κ1) is 20.6. The minimum atomic E-state index is -4.66. The molecule has 4 nitrogen and oxygen atoms in total. The second-order valence-corrected chi connectivity index (χ2v) is 7.55. The smallest absolute Gasteiger partial charge is 0.306 e. The normalized spacial score (nSPS) is 12.1. The second kappa shape index (κ2) is 7.35. The van der Waals surface area contributed by atoms with E-state index in [9.17, 15) is 22.4 Å². The van der Waals surface area contributed by atoms with Gasteiger partial charge in [-0.05, 0) is 36.4 Å². The molecule has 0 unspecified atom stereocenters. The molecule has 1 aromatic heterocycles. The number of amides is 1. The van der Waals surface area contributed by atoms with E-state index in [-0.39, 0.29) is 11.2 Å². The quantitative estimate of drug-likeness (QED) is 0.578. The highest BCUT2D eigenvalue weighted by Crippen LogP contribution is 2.33. The molecule has 2 aromatic carbocycles. The van der Waals surface area contributed by atoms with Gasteiger partial charge in [-0.2, -0.15) is 18.3 Å². The number of hydrogen-bond donors (Lipinski definition) is 1. The Bertz CT molecular complexity index is 1030. The van der Waals surface area contributed by atoms with E-state index < -0.39 is 29.0 Å². The van der Waals surface area contributed by atoms with E-state index in [0.717, 1.165) is 12.1 Å². The molecule has 8 heteroatoms. The van der Waals surface area contributed by atoms with Crippen LogP contribution in [0.1, 0.15) is 42.4 Å². The third-order valence-corrected chi connectivity index (χ3v) is 4.27. The Morgan fingerprint density at radius 1 is 1.00 bits per heavy atom. The molecule has 1 amide bonds. The van der Waals surface area contributed by atoms with Crippen molar-refractivity contribution in [3.05, 3.63) is 77.2 Å². The van der Waals surface area contributed by atoms with Crippen molar-refractivity contribution >= 4 is 11.7 Å². The summed E-state index contributed by atoms with van der Waals surface area (Å²) in [6, 6.07) is 11.5. The minimum Gasteiger partial charge on any atom is -0.306 e. The van der Waals surface area contributed by atoms with E-state index in [1.807, 2.05) is 20.8 Å². The summed E-state index contributed by atoms with van der Waals surface area (Å²) in [5.74, 6) is -1.17. The lowest BCUT2D eigenvalue weighted by molar-refractivity contribution is -0.137. The van der Waals surface area contributed by atoms with Crippen molar-refractivity contribution in [3.8, 4) is 5.69 Å².